The van der Waals surface area contributed by atoms with Gasteiger partial charge in [0.2, 0.25) is 0 Å². The third kappa shape index (κ3) is 3.83. The predicted octanol–water partition coefficient (Wildman–Crippen LogP) is 4.48. The molecule has 0 N–H and O–H groups in total. The summed E-state index contributed by atoms with van der Waals surface area (Å²) in [7, 11) is 0. The van der Waals surface area contributed by atoms with Gasteiger partial charge in [0, 0.05) is 12.7 Å². The van der Waals surface area contributed by atoms with Gasteiger partial charge in [0.05, 0.1) is 6.54 Å². The molecule has 134 valence electrons. The van der Waals surface area contributed by atoms with Crippen LogP contribution < -0.4 is 4.74 Å². The van der Waals surface area contributed by atoms with E-state index in [-0.39, 0.29) is 6.10 Å². The minimum atomic E-state index is 0.0568. The van der Waals surface area contributed by atoms with Crippen LogP contribution in [0.3, 0.4) is 0 Å². The Bertz CT molecular complexity index is 644. The number of aliphatic imine (C=N–C) groups is 1. The lowest BCUT2D eigenvalue weighted by atomic mass is 9.84. The highest BCUT2D eigenvalue weighted by Crippen LogP contribution is 2.33. The zero-order valence-electron chi connectivity index (χ0n) is 15.1. The second-order valence-corrected chi connectivity index (χ2v) is 7.39. The first-order valence-corrected chi connectivity index (χ1v) is 9.72. The van der Waals surface area contributed by atoms with Crippen molar-refractivity contribution in [3.05, 3.63) is 41.6 Å². The molecule has 2 fully saturated rings. The molecule has 1 aromatic rings. The van der Waals surface area contributed by atoms with Crippen LogP contribution in [0.4, 0.5) is 0 Å². The second kappa shape index (κ2) is 7.51. The van der Waals surface area contributed by atoms with E-state index in [2.05, 4.69) is 41.1 Å². The van der Waals surface area contributed by atoms with E-state index < -0.39 is 0 Å². The Balaban J connectivity index is 1.28. The number of benzene rings is 1. The summed E-state index contributed by atoms with van der Waals surface area (Å²) in [5.41, 5.74) is 2.82. The van der Waals surface area contributed by atoms with E-state index in [1.165, 1.54) is 43.2 Å². The number of amidine groups is 1. The van der Waals surface area contributed by atoms with Crippen molar-refractivity contribution in [2.75, 3.05) is 19.7 Å². The highest BCUT2D eigenvalue weighted by Gasteiger charge is 2.31. The highest BCUT2D eigenvalue weighted by atomic mass is 16.6. The fourth-order valence-electron chi connectivity index (χ4n) is 4.01. The topological polar surface area (TPSA) is 34.1 Å². The van der Waals surface area contributed by atoms with Crippen molar-refractivity contribution in [2.45, 2.75) is 57.5 Å². The molecule has 4 heteroatoms. The van der Waals surface area contributed by atoms with E-state index in [1.807, 2.05) is 6.20 Å². The summed E-state index contributed by atoms with van der Waals surface area (Å²) in [5, 5.41) is 0. The number of hydrogen-bond acceptors (Lipinski definition) is 4. The summed E-state index contributed by atoms with van der Waals surface area (Å²) in [6, 6.07) is 9.46. The van der Waals surface area contributed by atoms with Crippen molar-refractivity contribution >= 4 is 6.02 Å². The Labute approximate surface area is 150 Å². The Morgan fingerprint density at radius 3 is 2.72 bits per heavy atom. The van der Waals surface area contributed by atoms with Crippen LogP contribution in [0.2, 0.25) is 0 Å². The molecule has 2 aliphatic heterocycles. The van der Waals surface area contributed by atoms with Gasteiger partial charge >= 0.3 is 0 Å². The average Bonchev–Trinajstić information content (AvgIpc) is 3.09. The van der Waals surface area contributed by atoms with Gasteiger partial charge in [0.25, 0.3) is 6.02 Å². The number of nitrogens with zero attached hydrogens (tertiary/aromatic N) is 2. The van der Waals surface area contributed by atoms with Gasteiger partial charge in [-0.25, -0.2) is 4.99 Å². The summed E-state index contributed by atoms with van der Waals surface area (Å²) in [6.07, 6.45) is 9.86. The van der Waals surface area contributed by atoms with Crippen LogP contribution in [0, 0.1) is 0 Å². The maximum atomic E-state index is 5.97. The van der Waals surface area contributed by atoms with Crippen LogP contribution in [0.1, 0.15) is 56.9 Å². The van der Waals surface area contributed by atoms with Crippen molar-refractivity contribution in [3.63, 3.8) is 0 Å². The van der Waals surface area contributed by atoms with E-state index in [0.29, 0.717) is 6.61 Å². The van der Waals surface area contributed by atoms with Crippen LogP contribution in [0.5, 0.6) is 5.75 Å². The predicted molar refractivity (Wildman–Crippen MR) is 100 cm³/mol. The number of hydrogen-bond donors (Lipinski definition) is 0. The molecule has 1 saturated carbocycles. The van der Waals surface area contributed by atoms with Gasteiger partial charge in [-0.2, -0.15) is 0 Å². The van der Waals surface area contributed by atoms with Crippen LogP contribution in [-0.4, -0.2) is 36.7 Å². The average molecular weight is 340 g/mol. The van der Waals surface area contributed by atoms with Gasteiger partial charge in [-0.15, -0.1) is 0 Å². The van der Waals surface area contributed by atoms with Gasteiger partial charge in [-0.1, -0.05) is 38.3 Å². The molecule has 1 atom stereocenters. The first kappa shape index (κ1) is 16.5. The molecule has 0 amide bonds. The molecule has 3 aliphatic rings. The van der Waals surface area contributed by atoms with Crippen molar-refractivity contribution in [1.29, 1.82) is 0 Å². The fourth-order valence-corrected chi connectivity index (χ4v) is 4.01. The molecule has 4 rings (SSSR count). The molecular formula is C21H28N2O2. The lowest BCUT2D eigenvalue weighted by molar-refractivity contribution is 0.146. The van der Waals surface area contributed by atoms with Crippen LogP contribution in [-0.2, 0) is 4.74 Å². The number of rotatable bonds is 5. The van der Waals surface area contributed by atoms with E-state index in [1.54, 1.807) is 0 Å². The molecule has 4 nitrogen and oxygen atoms in total. The van der Waals surface area contributed by atoms with Gasteiger partial charge in [0.1, 0.15) is 12.4 Å². The van der Waals surface area contributed by atoms with Crippen molar-refractivity contribution in [3.8, 4) is 5.75 Å². The second-order valence-electron chi connectivity index (χ2n) is 7.39. The van der Waals surface area contributed by atoms with Gasteiger partial charge in [-0.05, 0) is 48.4 Å². The quantitative estimate of drug-likeness (QED) is 0.793. The van der Waals surface area contributed by atoms with Gasteiger partial charge < -0.3 is 14.4 Å². The summed E-state index contributed by atoms with van der Waals surface area (Å²) in [6.45, 7) is 4.53. The minimum Gasteiger partial charge on any atom is -0.490 e. The first-order valence-electron chi connectivity index (χ1n) is 9.72. The van der Waals surface area contributed by atoms with Crippen molar-refractivity contribution < 1.29 is 9.47 Å². The van der Waals surface area contributed by atoms with E-state index in [0.717, 1.165) is 37.2 Å². The highest BCUT2D eigenvalue weighted by molar-refractivity contribution is 5.77. The molecule has 1 aromatic carbocycles. The fraction of sp³-hybridized carbons (Fsp3) is 0.571. The lowest BCUT2D eigenvalue weighted by Gasteiger charge is -2.22. The van der Waals surface area contributed by atoms with E-state index in [4.69, 9.17) is 9.47 Å². The Morgan fingerprint density at radius 1 is 1.16 bits per heavy atom. The van der Waals surface area contributed by atoms with Gasteiger partial charge in [-0.3, -0.25) is 0 Å². The zero-order chi connectivity index (χ0) is 17.1. The summed E-state index contributed by atoms with van der Waals surface area (Å²) in [4.78, 5) is 6.62. The smallest absolute Gasteiger partial charge is 0.292 e. The standard InChI is InChI=1S/C21H28N2O2/c1-2-16-12-22-21-23(13-16)14-20(25-21)15-24-19-10-8-18(9-11-19)17-6-4-3-5-7-17/h8-12,17,20H,2-7,13-15H2,1H3/t20-/m0/s1. The monoisotopic (exact) mass is 340 g/mol. The minimum absolute atomic E-state index is 0.0568. The third-order valence-electron chi connectivity index (χ3n) is 5.56. The maximum absolute atomic E-state index is 5.97. The zero-order valence-corrected chi connectivity index (χ0v) is 15.1. The summed E-state index contributed by atoms with van der Waals surface area (Å²) < 4.78 is 11.9. The maximum Gasteiger partial charge on any atom is 0.292 e. The summed E-state index contributed by atoms with van der Waals surface area (Å²) >= 11 is 0. The van der Waals surface area contributed by atoms with E-state index in [9.17, 15) is 0 Å². The Morgan fingerprint density at radius 2 is 1.96 bits per heavy atom. The molecular weight excluding hydrogens is 312 g/mol. The normalized spacial score (nSPS) is 23.6. The molecule has 0 bridgehead atoms. The van der Waals surface area contributed by atoms with Gasteiger partial charge in [0.15, 0.2) is 6.10 Å². The number of fused-ring (bicyclic) bond motifs is 1. The molecule has 0 radical (unpaired) electrons. The van der Waals surface area contributed by atoms with Crippen LogP contribution >= 0.6 is 0 Å². The van der Waals surface area contributed by atoms with Crippen LogP contribution in [0.15, 0.2) is 41.0 Å². The lowest BCUT2D eigenvalue weighted by Crippen LogP contribution is -2.31. The molecule has 1 saturated heterocycles. The SMILES string of the molecule is CCC1=CN=C2O[C@H](COc3ccc(C4CCCCC4)cc3)CN2C1. The molecule has 1 aliphatic carbocycles. The van der Waals surface area contributed by atoms with Crippen LogP contribution in [0.25, 0.3) is 0 Å². The molecule has 25 heavy (non-hydrogen) atoms. The Hall–Kier alpha value is -1.97. The molecule has 0 spiro atoms. The third-order valence-corrected chi connectivity index (χ3v) is 5.56. The number of ether oxygens (including phenoxy) is 2. The van der Waals surface area contributed by atoms with E-state index >= 15 is 0 Å². The molecule has 2 heterocycles. The Kier molecular flexibility index (Phi) is 4.95. The van der Waals surface area contributed by atoms with Crippen molar-refractivity contribution in [2.24, 2.45) is 4.99 Å². The largest absolute Gasteiger partial charge is 0.490 e. The molecule has 0 aromatic heterocycles. The molecule has 0 unspecified atom stereocenters. The summed E-state index contributed by atoms with van der Waals surface area (Å²) in [5.74, 6) is 1.68. The van der Waals surface area contributed by atoms with Crippen molar-refractivity contribution in [1.82, 2.24) is 4.90 Å². The first-order chi connectivity index (χ1) is 12.3.